The fraction of sp³-hybridized carbons (Fsp3) is 0.150. The molecule has 2 aromatic carbocycles. The summed E-state index contributed by atoms with van der Waals surface area (Å²) >= 11 is 6.25. The van der Waals surface area contributed by atoms with Gasteiger partial charge in [0, 0.05) is 16.9 Å². The summed E-state index contributed by atoms with van der Waals surface area (Å²) in [5, 5.41) is 0.755. The van der Waals surface area contributed by atoms with E-state index in [9.17, 15) is 0 Å². The zero-order chi connectivity index (χ0) is 16.9. The van der Waals surface area contributed by atoms with Gasteiger partial charge in [0.1, 0.15) is 11.4 Å². The monoisotopic (exact) mass is 338 g/mol. The first-order valence-electron chi connectivity index (χ1n) is 7.89. The third-order valence-electron chi connectivity index (χ3n) is 3.71. The van der Waals surface area contributed by atoms with Crippen LogP contribution in [-0.2, 0) is 0 Å². The Morgan fingerprint density at radius 1 is 1.12 bits per heavy atom. The van der Waals surface area contributed by atoms with Gasteiger partial charge in [-0.15, -0.1) is 0 Å². The van der Waals surface area contributed by atoms with E-state index >= 15 is 0 Å². The summed E-state index contributed by atoms with van der Waals surface area (Å²) in [7, 11) is 0. The number of rotatable bonds is 5. The van der Waals surface area contributed by atoms with Gasteiger partial charge in [0.15, 0.2) is 0 Å². The van der Waals surface area contributed by atoms with Crippen molar-refractivity contribution in [2.75, 3.05) is 6.61 Å². The number of para-hydroxylation sites is 2. The largest absolute Gasteiger partial charge is 0.492 e. The molecule has 0 saturated heterocycles. The Morgan fingerprint density at radius 3 is 2.75 bits per heavy atom. The van der Waals surface area contributed by atoms with E-state index in [1.54, 1.807) is 0 Å². The van der Waals surface area contributed by atoms with E-state index in [0.717, 1.165) is 33.4 Å². The molecule has 0 N–H and O–H groups in total. The molecular weight excluding hydrogens is 320 g/mol. The Labute approximate surface area is 147 Å². The van der Waals surface area contributed by atoms with Crippen LogP contribution in [0.25, 0.3) is 5.69 Å². The van der Waals surface area contributed by atoms with Crippen molar-refractivity contribution in [1.82, 2.24) is 4.57 Å². The van der Waals surface area contributed by atoms with E-state index < -0.39 is 0 Å². The molecule has 0 atom stereocenters. The molecule has 0 fully saturated rings. The second kappa shape index (κ2) is 7.37. The zero-order valence-electron chi connectivity index (χ0n) is 13.7. The number of aryl methyl sites for hydroxylation is 1. The molecule has 0 bridgehead atoms. The highest BCUT2D eigenvalue weighted by atomic mass is 35.5. The summed E-state index contributed by atoms with van der Waals surface area (Å²) in [5.41, 5.74) is 3.86. The first kappa shape index (κ1) is 16.3. The molecule has 1 aromatic heterocycles. The number of aliphatic imine (C=N–C) groups is 1. The Bertz CT molecular complexity index is 868. The van der Waals surface area contributed by atoms with Crippen molar-refractivity contribution >= 4 is 23.5 Å². The maximum atomic E-state index is 6.25. The summed E-state index contributed by atoms with van der Waals surface area (Å²) in [6.45, 7) is 4.58. The lowest BCUT2D eigenvalue weighted by atomic mass is 10.2. The van der Waals surface area contributed by atoms with Gasteiger partial charge in [0.2, 0.25) is 0 Å². The Balaban J connectivity index is 1.92. The average molecular weight is 339 g/mol. The number of benzene rings is 2. The molecule has 0 radical (unpaired) electrons. The Kier molecular flexibility index (Phi) is 5.02. The molecule has 4 heteroatoms. The van der Waals surface area contributed by atoms with Crippen LogP contribution in [0, 0.1) is 6.92 Å². The quantitative estimate of drug-likeness (QED) is 0.557. The van der Waals surface area contributed by atoms with Crippen LogP contribution < -0.4 is 4.74 Å². The summed E-state index contributed by atoms with van der Waals surface area (Å²) in [4.78, 5) is 4.59. The number of ether oxygens (including phenoxy) is 1. The van der Waals surface area contributed by atoms with Crippen molar-refractivity contribution in [3.8, 4) is 11.4 Å². The third kappa shape index (κ3) is 3.52. The standard InChI is InChI=1S/C20H19ClN2O/c1-3-24-20-9-5-4-8-19(20)22-14-17-7-6-12-23(17)16-11-10-15(2)18(21)13-16/h4-14H,3H2,1-2H3. The van der Waals surface area contributed by atoms with Crippen LogP contribution in [-0.4, -0.2) is 17.4 Å². The average Bonchev–Trinajstić information content (AvgIpc) is 3.05. The van der Waals surface area contributed by atoms with Crippen LogP contribution in [0.5, 0.6) is 5.75 Å². The summed E-state index contributed by atoms with van der Waals surface area (Å²) < 4.78 is 7.67. The van der Waals surface area contributed by atoms with Gasteiger partial charge in [-0.2, -0.15) is 0 Å². The normalized spacial score (nSPS) is 11.1. The van der Waals surface area contributed by atoms with E-state index in [1.165, 1.54) is 0 Å². The summed E-state index contributed by atoms with van der Waals surface area (Å²) in [6, 6.07) is 17.8. The molecule has 0 aliphatic rings. The molecule has 0 amide bonds. The second-order valence-electron chi connectivity index (χ2n) is 5.40. The van der Waals surface area contributed by atoms with Crippen molar-refractivity contribution in [3.63, 3.8) is 0 Å². The van der Waals surface area contributed by atoms with Gasteiger partial charge in [0.25, 0.3) is 0 Å². The van der Waals surface area contributed by atoms with E-state index in [4.69, 9.17) is 16.3 Å². The van der Waals surface area contributed by atoms with Gasteiger partial charge >= 0.3 is 0 Å². The van der Waals surface area contributed by atoms with Crippen molar-refractivity contribution in [3.05, 3.63) is 77.1 Å². The van der Waals surface area contributed by atoms with E-state index in [-0.39, 0.29) is 0 Å². The number of halogens is 1. The number of nitrogens with zero attached hydrogens (tertiary/aromatic N) is 2. The molecule has 0 aliphatic heterocycles. The first-order valence-corrected chi connectivity index (χ1v) is 8.26. The predicted molar refractivity (Wildman–Crippen MR) is 100 cm³/mol. The van der Waals surface area contributed by atoms with Crippen LogP contribution in [0.1, 0.15) is 18.2 Å². The molecule has 3 rings (SSSR count). The molecule has 0 unspecified atom stereocenters. The fourth-order valence-corrected chi connectivity index (χ4v) is 2.62. The van der Waals surface area contributed by atoms with Gasteiger partial charge in [0.05, 0.1) is 18.5 Å². The summed E-state index contributed by atoms with van der Waals surface area (Å²) in [6.07, 6.45) is 3.84. The lowest BCUT2D eigenvalue weighted by Crippen LogP contribution is -1.98. The highest BCUT2D eigenvalue weighted by Gasteiger charge is 2.05. The van der Waals surface area contributed by atoms with Crippen LogP contribution in [0.15, 0.2) is 65.8 Å². The van der Waals surface area contributed by atoms with Crippen LogP contribution in [0.2, 0.25) is 5.02 Å². The topological polar surface area (TPSA) is 26.5 Å². The zero-order valence-corrected chi connectivity index (χ0v) is 14.5. The molecule has 0 saturated carbocycles. The van der Waals surface area contributed by atoms with Crippen LogP contribution in [0.3, 0.4) is 0 Å². The lowest BCUT2D eigenvalue weighted by Gasteiger charge is -2.09. The second-order valence-corrected chi connectivity index (χ2v) is 5.80. The highest BCUT2D eigenvalue weighted by Crippen LogP contribution is 2.27. The Hall–Kier alpha value is -2.52. The van der Waals surface area contributed by atoms with E-state index in [2.05, 4.69) is 9.56 Å². The molecule has 3 nitrogen and oxygen atoms in total. The van der Waals surface area contributed by atoms with Gasteiger partial charge in [-0.3, -0.25) is 4.99 Å². The van der Waals surface area contributed by atoms with E-state index in [1.807, 2.05) is 80.9 Å². The molecule has 122 valence electrons. The van der Waals surface area contributed by atoms with Crippen molar-refractivity contribution in [1.29, 1.82) is 0 Å². The number of aromatic nitrogens is 1. The molecule has 0 aliphatic carbocycles. The highest BCUT2D eigenvalue weighted by molar-refractivity contribution is 6.31. The van der Waals surface area contributed by atoms with Gasteiger partial charge in [-0.05, 0) is 55.8 Å². The van der Waals surface area contributed by atoms with Gasteiger partial charge < -0.3 is 9.30 Å². The third-order valence-corrected chi connectivity index (χ3v) is 4.12. The first-order chi connectivity index (χ1) is 11.7. The molecule has 24 heavy (non-hydrogen) atoms. The van der Waals surface area contributed by atoms with Crippen molar-refractivity contribution in [2.45, 2.75) is 13.8 Å². The molecular formula is C20H19ClN2O. The minimum absolute atomic E-state index is 0.616. The SMILES string of the molecule is CCOc1ccccc1N=Cc1cccn1-c1ccc(C)c(Cl)c1. The van der Waals surface area contributed by atoms with Gasteiger partial charge in [-0.1, -0.05) is 29.8 Å². The molecule has 1 heterocycles. The summed E-state index contributed by atoms with van der Waals surface area (Å²) in [5.74, 6) is 0.785. The molecule has 3 aromatic rings. The predicted octanol–water partition coefficient (Wildman–Crippen LogP) is 5.59. The Morgan fingerprint density at radius 2 is 1.96 bits per heavy atom. The van der Waals surface area contributed by atoms with Crippen LogP contribution in [0.4, 0.5) is 5.69 Å². The number of hydrogen-bond acceptors (Lipinski definition) is 2. The maximum absolute atomic E-state index is 6.25. The minimum Gasteiger partial charge on any atom is -0.492 e. The van der Waals surface area contributed by atoms with Crippen molar-refractivity contribution < 1.29 is 4.74 Å². The van der Waals surface area contributed by atoms with Gasteiger partial charge in [-0.25, -0.2) is 0 Å². The number of hydrogen-bond donors (Lipinski definition) is 0. The maximum Gasteiger partial charge on any atom is 0.144 e. The minimum atomic E-state index is 0.616. The smallest absolute Gasteiger partial charge is 0.144 e. The fourth-order valence-electron chi connectivity index (χ4n) is 2.44. The van der Waals surface area contributed by atoms with Crippen LogP contribution >= 0.6 is 11.6 Å². The van der Waals surface area contributed by atoms with Crippen molar-refractivity contribution in [2.24, 2.45) is 4.99 Å². The molecule has 0 spiro atoms. The lowest BCUT2D eigenvalue weighted by molar-refractivity contribution is 0.341. The van der Waals surface area contributed by atoms with E-state index in [0.29, 0.717) is 6.61 Å².